The fraction of sp³-hybridized carbons (Fsp3) is 0.586. The van der Waals surface area contributed by atoms with E-state index in [1.165, 1.54) is 24.1 Å². The monoisotopic (exact) mass is 470 g/mol. The Balaban J connectivity index is 2.05. The molecule has 2 rings (SSSR count). The van der Waals surface area contributed by atoms with Crippen LogP contribution in [0.3, 0.4) is 0 Å². The second-order valence-electron chi connectivity index (χ2n) is 10.4. The standard InChI is InChI=1S/C29H42O5/c1-7-28(4)19-18-23(34-25(32)15-13-11-9-8-10-12-14-24(30)31)26(33-6)27(28)29(5)20-22(29)17-16-21(2)3/h8-16,22-23,26-27H,7,17-20H2,1-6H3,(H,30,31)/b10-8+,11-9+,14-12+,15-13+. The van der Waals surface area contributed by atoms with Crippen molar-refractivity contribution in [2.45, 2.75) is 78.9 Å². The normalized spacial score (nSPS) is 33.7. The van der Waals surface area contributed by atoms with Crippen LogP contribution in [-0.4, -0.2) is 36.4 Å². The second kappa shape index (κ2) is 12.3. The Bertz CT molecular complexity index is 860. The summed E-state index contributed by atoms with van der Waals surface area (Å²) in [6.45, 7) is 11.4. The van der Waals surface area contributed by atoms with Crippen molar-refractivity contribution in [3.05, 3.63) is 60.3 Å². The van der Waals surface area contributed by atoms with Gasteiger partial charge in [-0.05, 0) is 62.2 Å². The van der Waals surface area contributed by atoms with Gasteiger partial charge in [0.05, 0.1) is 6.10 Å². The summed E-state index contributed by atoms with van der Waals surface area (Å²) in [6.07, 6.45) is 19.4. The second-order valence-corrected chi connectivity index (χ2v) is 10.4. The molecule has 0 spiro atoms. The van der Waals surface area contributed by atoms with Crippen molar-refractivity contribution < 1.29 is 24.2 Å². The molecule has 0 aromatic carbocycles. The van der Waals surface area contributed by atoms with Crippen molar-refractivity contribution in [3.63, 3.8) is 0 Å². The summed E-state index contributed by atoms with van der Waals surface area (Å²) in [5, 5.41) is 8.54. The number of carboxylic acids is 1. The lowest BCUT2D eigenvalue weighted by Crippen LogP contribution is -2.53. The molecule has 2 aliphatic carbocycles. The zero-order chi connectivity index (χ0) is 25.4. The topological polar surface area (TPSA) is 72.8 Å². The van der Waals surface area contributed by atoms with E-state index >= 15 is 0 Å². The molecule has 5 heteroatoms. The smallest absolute Gasteiger partial charge is 0.331 e. The molecule has 0 radical (unpaired) electrons. The maximum atomic E-state index is 12.5. The highest BCUT2D eigenvalue weighted by Gasteiger charge is 2.63. The molecular formula is C29H42O5. The number of hydrogen-bond acceptors (Lipinski definition) is 4. The molecule has 188 valence electrons. The van der Waals surface area contributed by atoms with E-state index in [2.05, 4.69) is 40.7 Å². The summed E-state index contributed by atoms with van der Waals surface area (Å²) >= 11 is 0. The molecule has 5 nitrogen and oxygen atoms in total. The van der Waals surface area contributed by atoms with Gasteiger partial charge in [-0.15, -0.1) is 0 Å². The minimum atomic E-state index is -0.992. The van der Waals surface area contributed by atoms with Crippen LogP contribution in [0.5, 0.6) is 0 Å². The highest BCUT2D eigenvalue weighted by molar-refractivity contribution is 5.82. The summed E-state index contributed by atoms with van der Waals surface area (Å²) in [7, 11) is 1.75. The molecule has 2 fully saturated rings. The lowest BCUT2D eigenvalue weighted by atomic mass is 9.58. The van der Waals surface area contributed by atoms with Crippen LogP contribution in [0.15, 0.2) is 60.3 Å². The molecule has 0 aliphatic heterocycles. The van der Waals surface area contributed by atoms with Gasteiger partial charge in [0, 0.05) is 19.3 Å². The highest BCUT2D eigenvalue weighted by atomic mass is 16.6. The Morgan fingerprint density at radius 3 is 2.21 bits per heavy atom. The van der Waals surface area contributed by atoms with Crippen molar-refractivity contribution in [2.24, 2.45) is 22.7 Å². The fourth-order valence-corrected chi connectivity index (χ4v) is 5.69. The summed E-state index contributed by atoms with van der Waals surface area (Å²) in [5.74, 6) is -0.375. The van der Waals surface area contributed by atoms with Crippen LogP contribution in [-0.2, 0) is 19.1 Å². The molecule has 0 saturated heterocycles. The van der Waals surface area contributed by atoms with Crippen molar-refractivity contribution in [1.82, 2.24) is 0 Å². The van der Waals surface area contributed by atoms with Crippen LogP contribution >= 0.6 is 0 Å². The van der Waals surface area contributed by atoms with Crippen molar-refractivity contribution in [1.29, 1.82) is 0 Å². The van der Waals surface area contributed by atoms with Gasteiger partial charge in [0.25, 0.3) is 0 Å². The number of esters is 1. The summed E-state index contributed by atoms with van der Waals surface area (Å²) < 4.78 is 12.0. The molecule has 34 heavy (non-hydrogen) atoms. The number of carboxylic acid groups (broad SMARTS) is 1. The minimum Gasteiger partial charge on any atom is -0.478 e. The number of allylic oxidation sites excluding steroid dienone is 8. The van der Waals surface area contributed by atoms with E-state index in [0.29, 0.717) is 11.8 Å². The average Bonchev–Trinajstić information content (AvgIpc) is 3.45. The number of ether oxygens (including phenoxy) is 2. The average molecular weight is 471 g/mol. The lowest BCUT2D eigenvalue weighted by molar-refractivity contribution is -0.175. The third-order valence-electron chi connectivity index (χ3n) is 7.80. The third kappa shape index (κ3) is 7.30. The molecule has 0 bridgehead atoms. The van der Waals surface area contributed by atoms with Gasteiger partial charge in [-0.1, -0.05) is 75.3 Å². The van der Waals surface area contributed by atoms with Gasteiger partial charge in [-0.2, -0.15) is 0 Å². The summed E-state index contributed by atoms with van der Waals surface area (Å²) in [5.41, 5.74) is 1.72. The Morgan fingerprint density at radius 1 is 1.03 bits per heavy atom. The lowest BCUT2D eigenvalue weighted by Gasteiger charge is -2.51. The zero-order valence-corrected chi connectivity index (χ0v) is 21.6. The first-order chi connectivity index (χ1) is 16.1. The van der Waals surface area contributed by atoms with Gasteiger partial charge < -0.3 is 14.6 Å². The van der Waals surface area contributed by atoms with Gasteiger partial charge in [-0.3, -0.25) is 0 Å². The highest BCUT2D eigenvalue weighted by Crippen LogP contribution is 2.67. The fourth-order valence-electron chi connectivity index (χ4n) is 5.69. The van der Waals surface area contributed by atoms with E-state index in [4.69, 9.17) is 14.6 Å². The molecule has 2 aliphatic rings. The molecule has 0 aromatic rings. The van der Waals surface area contributed by atoms with Crippen LogP contribution in [0.4, 0.5) is 0 Å². The molecule has 6 unspecified atom stereocenters. The number of carbonyl (C=O) groups excluding carboxylic acids is 1. The Kier molecular flexibility index (Phi) is 10.1. The van der Waals surface area contributed by atoms with Crippen LogP contribution in [0.25, 0.3) is 0 Å². The summed E-state index contributed by atoms with van der Waals surface area (Å²) in [4.78, 5) is 22.9. The van der Waals surface area contributed by atoms with Gasteiger partial charge in [0.1, 0.15) is 6.10 Å². The van der Waals surface area contributed by atoms with Gasteiger partial charge >= 0.3 is 11.9 Å². The van der Waals surface area contributed by atoms with E-state index in [9.17, 15) is 9.59 Å². The summed E-state index contributed by atoms with van der Waals surface area (Å²) in [6, 6.07) is 0. The van der Waals surface area contributed by atoms with Crippen LogP contribution < -0.4 is 0 Å². The Morgan fingerprint density at radius 2 is 1.65 bits per heavy atom. The molecule has 0 amide bonds. The maximum absolute atomic E-state index is 12.5. The van der Waals surface area contributed by atoms with E-state index in [1.807, 2.05) is 0 Å². The number of aliphatic carboxylic acids is 1. The minimum absolute atomic E-state index is 0.114. The third-order valence-corrected chi connectivity index (χ3v) is 7.80. The number of methoxy groups -OCH3 is 1. The first-order valence-corrected chi connectivity index (χ1v) is 12.3. The number of rotatable bonds is 11. The maximum Gasteiger partial charge on any atom is 0.331 e. The Hall–Kier alpha value is -2.40. The van der Waals surface area contributed by atoms with Gasteiger partial charge in [-0.25, -0.2) is 9.59 Å². The molecule has 2 saturated carbocycles. The molecule has 1 N–H and O–H groups in total. The van der Waals surface area contributed by atoms with E-state index in [-0.39, 0.29) is 29.0 Å². The first kappa shape index (κ1) is 27.8. The Labute approximate surface area is 205 Å². The van der Waals surface area contributed by atoms with Gasteiger partial charge in [0.2, 0.25) is 0 Å². The predicted octanol–water partition coefficient (Wildman–Crippen LogP) is 6.43. The first-order valence-electron chi connectivity index (χ1n) is 12.3. The van der Waals surface area contributed by atoms with Crippen LogP contribution in [0.1, 0.15) is 66.7 Å². The number of hydrogen-bond donors (Lipinski definition) is 1. The molecule has 6 atom stereocenters. The zero-order valence-electron chi connectivity index (χ0n) is 21.6. The van der Waals surface area contributed by atoms with E-state index < -0.39 is 5.97 Å². The molecule has 0 heterocycles. The van der Waals surface area contributed by atoms with Gasteiger partial charge in [0.15, 0.2) is 0 Å². The van der Waals surface area contributed by atoms with E-state index in [1.54, 1.807) is 37.5 Å². The van der Waals surface area contributed by atoms with E-state index in [0.717, 1.165) is 31.8 Å². The van der Waals surface area contributed by atoms with Crippen molar-refractivity contribution in [2.75, 3.05) is 7.11 Å². The quantitative estimate of drug-likeness (QED) is 0.163. The predicted molar refractivity (Wildman–Crippen MR) is 136 cm³/mol. The van der Waals surface area contributed by atoms with Crippen molar-refractivity contribution in [3.8, 4) is 0 Å². The molecular weight excluding hydrogens is 428 g/mol. The SMILES string of the molecule is CCC1(C)CCC(OC(=O)/C=C/C=C/C=C/C=C/C(=O)O)C(OC)C1C1(C)CC1CC=C(C)C. The van der Waals surface area contributed by atoms with Crippen LogP contribution in [0.2, 0.25) is 0 Å². The van der Waals surface area contributed by atoms with Crippen LogP contribution in [0, 0.1) is 22.7 Å². The number of carbonyl (C=O) groups is 2. The van der Waals surface area contributed by atoms with Crippen molar-refractivity contribution >= 4 is 11.9 Å². The largest absolute Gasteiger partial charge is 0.478 e. The molecule has 0 aromatic heterocycles.